The molecule has 1 saturated heterocycles. The Bertz CT molecular complexity index is 990. The first-order chi connectivity index (χ1) is 13.0. The molecule has 1 fully saturated rings. The summed E-state index contributed by atoms with van der Waals surface area (Å²) in [6.45, 7) is 1.32. The minimum Gasteiger partial charge on any atom is -0.454 e. The van der Waals surface area contributed by atoms with E-state index in [0.717, 1.165) is 18.4 Å². The molecule has 140 valence electrons. The molecule has 4 rings (SSSR count). The van der Waals surface area contributed by atoms with Gasteiger partial charge in [0, 0.05) is 18.7 Å². The molecule has 0 aliphatic carbocycles. The highest BCUT2D eigenvalue weighted by atomic mass is 32.2. The van der Waals surface area contributed by atoms with E-state index in [9.17, 15) is 13.2 Å². The predicted octanol–water partition coefficient (Wildman–Crippen LogP) is 3.10. The van der Waals surface area contributed by atoms with Gasteiger partial charge >= 0.3 is 0 Å². The van der Waals surface area contributed by atoms with E-state index in [1.54, 1.807) is 30.3 Å². The Morgan fingerprint density at radius 1 is 0.963 bits per heavy atom. The number of rotatable bonds is 5. The van der Waals surface area contributed by atoms with Gasteiger partial charge < -0.3 is 9.47 Å². The van der Waals surface area contributed by atoms with Crippen molar-refractivity contribution in [2.24, 2.45) is 0 Å². The lowest BCUT2D eigenvalue weighted by Crippen LogP contribution is -2.27. The molecule has 7 heteroatoms. The number of hydrogen-bond donors (Lipinski definition) is 0. The summed E-state index contributed by atoms with van der Waals surface area (Å²) in [5.41, 5.74) is 1.26. The first kappa shape index (κ1) is 17.8. The summed E-state index contributed by atoms with van der Waals surface area (Å²) in [6, 6.07) is 11.5. The molecule has 2 aliphatic rings. The molecule has 0 unspecified atom stereocenters. The summed E-state index contributed by atoms with van der Waals surface area (Å²) >= 11 is 0. The quantitative estimate of drug-likeness (QED) is 0.584. The predicted molar refractivity (Wildman–Crippen MR) is 100 cm³/mol. The van der Waals surface area contributed by atoms with Crippen LogP contribution in [0, 0.1) is 0 Å². The third-order valence-electron chi connectivity index (χ3n) is 4.67. The van der Waals surface area contributed by atoms with Gasteiger partial charge in [0.05, 0.1) is 4.90 Å². The van der Waals surface area contributed by atoms with E-state index in [0.29, 0.717) is 30.2 Å². The lowest BCUT2D eigenvalue weighted by molar-refractivity contribution is 0.104. The summed E-state index contributed by atoms with van der Waals surface area (Å²) in [5, 5.41) is 0. The molecule has 6 nitrogen and oxygen atoms in total. The van der Waals surface area contributed by atoms with Crippen molar-refractivity contribution >= 4 is 21.9 Å². The second-order valence-corrected chi connectivity index (χ2v) is 8.38. The zero-order valence-electron chi connectivity index (χ0n) is 14.6. The smallest absolute Gasteiger partial charge is 0.243 e. The van der Waals surface area contributed by atoms with Crippen molar-refractivity contribution in [3.63, 3.8) is 0 Å². The highest BCUT2D eigenvalue weighted by Crippen LogP contribution is 2.32. The maximum atomic E-state index is 12.5. The van der Waals surface area contributed by atoms with E-state index in [2.05, 4.69) is 0 Å². The molecule has 0 radical (unpaired) electrons. The van der Waals surface area contributed by atoms with Crippen molar-refractivity contribution in [2.45, 2.75) is 17.7 Å². The third-order valence-corrected chi connectivity index (χ3v) is 6.58. The number of allylic oxidation sites excluding steroid dienone is 1. The Hall–Kier alpha value is -2.64. The van der Waals surface area contributed by atoms with Gasteiger partial charge in [-0.25, -0.2) is 8.42 Å². The Balaban J connectivity index is 1.48. The van der Waals surface area contributed by atoms with Crippen molar-refractivity contribution in [2.75, 3.05) is 19.9 Å². The van der Waals surface area contributed by atoms with Crippen LogP contribution in [-0.4, -0.2) is 38.4 Å². The molecular weight excluding hydrogens is 366 g/mol. The van der Waals surface area contributed by atoms with Crippen molar-refractivity contribution in [3.05, 3.63) is 59.7 Å². The van der Waals surface area contributed by atoms with Gasteiger partial charge in [0.25, 0.3) is 0 Å². The molecule has 2 aliphatic heterocycles. The number of hydrogen-bond acceptors (Lipinski definition) is 5. The number of benzene rings is 2. The van der Waals surface area contributed by atoms with Crippen LogP contribution in [0.5, 0.6) is 11.5 Å². The monoisotopic (exact) mass is 385 g/mol. The van der Waals surface area contributed by atoms with E-state index in [1.165, 1.54) is 22.5 Å². The fourth-order valence-corrected chi connectivity index (χ4v) is 4.67. The van der Waals surface area contributed by atoms with Crippen LogP contribution < -0.4 is 9.47 Å². The molecule has 0 amide bonds. The third kappa shape index (κ3) is 3.61. The Labute approximate surface area is 158 Å². The van der Waals surface area contributed by atoms with E-state index in [-0.39, 0.29) is 17.5 Å². The molecule has 0 aromatic heterocycles. The zero-order chi connectivity index (χ0) is 18.9. The molecule has 2 heterocycles. The number of carbonyl (C=O) groups is 1. The lowest BCUT2D eigenvalue weighted by atomic mass is 10.1. The molecule has 0 bridgehead atoms. The summed E-state index contributed by atoms with van der Waals surface area (Å²) < 4.78 is 37.1. The number of carbonyl (C=O) groups excluding carboxylic acids is 1. The molecule has 0 N–H and O–H groups in total. The molecule has 0 saturated carbocycles. The summed E-state index contributed by atoms with van der Waals surface area (Å²) in [4.78, 5) is 12.6. The Kier molecular flexibility index (Phi) is 4.72. The summed E-state index contributed by atoms with van der Waals surface area (Å²) in [5.74, 6) is 1.15. The maximum Gasteiger partial charge on any atom is 0.243 e. The summed E-state index contributed by atoms with van der Waals surface area (Å²) in [6.07, 6.45) is 4.93. The van der Waals surface area contributed by atoms with Gasteiger partial charge in [-0.15, -0.1) is 0 Å². The maximum absolute atomic E-state index is 12.5. The molecule has 27 heavy (non-hydrogen) atoms. The van der Waals surface area contributed by atoms with E-state index < -0.39 is 10.0 Å². The van der Waals surface area contributed by atoms with Crippen LogP contribution in [0.15, 0.2) is 53.4 Å². The van der Waals surface area contributed by atoms with Crippen LogP contribution in [0.2, 0.25) is 0 Å². The molecular formula is C20H19NO5S. The van der Waals surface area contributed by atoms with Crippen LogP contribution in [-0.2, 0) is 10.0 Å². The first-order valence-electron chi connectivity index (χ1n) is 8.76. The number of ketones is 1. The van der Waals surface area contributed by atoms with E-state index in [1.807, 2.05) is 6.07 Å². The molecule has 0 spiro atoms. The van der Waals surface area contributed by atoms with E-state index >= 15 is 0 Å². The number of nitrogens with zero attached hydrogens (tertiary/aromatic N) is 1. The van der Waals surface area contributed by atoms with E-state index in [4.69, 9.17) is 9.47 Å². The standard InChI is InChI=1S/C20H19NO5S/c22-18(9-3-15-4-10-19-20(13-15)26-14-25-19)16-5-7-17(8-6-16)27(23,24)21-11-1-2-12-21/h3-10,13H,1-2,11-12,14H2. The van der Waals surface area contributed by atoms with Gasteiger partial charge in [-0.05, 0) is 60.9 Å². The second kappa shape index (κ2) is 7.17. The van der Waals surface area contributed by atoms with Crippen LogP contribution >= 0.6 is 0 Å². The van der Waals surface area contributed by atoms with Crippen molar-refractivity contribution in [1.29, 1.82) is 0 Å². The van der Waals surface area contributed by atoms with Crippen LogP contribution in [0.1, 0.15) is 28.8 Å². The Morgan fingerprint density at radius 3 is 2.41 bits per heavy atom. The largest absolute Gasteiger partial charge is 0.454 e. The number of fused-ring (bicyclic) bond motifs is 1. The summed E-state index contributed by atoms with van der Waals surface area (Å²) in [7, 11) is -3.46. The van der Waals surface area contributed by atoms with Gasteiger partial charge in [0.1, 0.15) is 0 Å². The van der Waals surface area contributed by atoms with Gasteiger partial charge in [0.2, 0.25) is 16.8 Å². The Morgan fingerprint density at radius 2 is 1.67 bits per heavy atom. The normalized spacial score (nSPS) is 16.9. The average molecular weight is 385 g/mol. The highest BCUT2D eigenvalue weighted by molar-refractivity contribution is 7.89. The number of sulfonamides is 1. The van der Waals surface area contributed by atoms with Gasteiger partial charge in [0.15, 0.2) is 17.3 Å². The van der Waals surface area contributed by atoms with Gasteiger partial charge in [-0.1, -0.05) is 12.1 Å². The average Bonchev–Trinajstić information content (AvgIpc) is 3.37. The lowest BCUT2D eigenvalue weighted by Gasteiger charge is -2.15. The second-order valence-electron chi connectivity index (χ2n) is 6.45. The minimum atomic E-state index is -3.46. The molecule has 2 aromatic carbocycles. The fourth-order valence-electron chi connectivity index (χ4n) is 3.15. The van der Waals surface area contributed by atoms with Crippen LogP contribution in [0.25, 0.3) is 6.08 Å². The van der Waals surface area contributed by atoms with Gasteiger partial charge in [-0.3, -0.25) is 4.79 Å². The highest BCUT2D eigenvalue weighted by Gasteiger charge is 2.27. The molecule has 0 atom stereocenters. The topological polar surface area (TPSA) is 72.9 Å². The fraction of sp³-hybridized carbons (Fsp3) is 0.250. The number of ether oxygens (including phenoxy) is 2. The van der Waals surface area contributed by atoms with Crippen molar-refractivity contribution in [3.8, 4) is 11.5 Å². The minimum absolute atomic E-state index is 0.196. The van der Waals surface area contributed by atoms with Gasteiger partial charge in [-0.2, -0.15) is 4.31 Å². The first-order valence-corrected chi connectivity index (χ1v) is 10.2. The zero-order valence-corrected chi connectivity index (χ0v) is 15.4. The van der Waals surface area contributed by atoms with Crippen LogP contribution in [0.4, 0.5) is 0 Å². The molecule has 2 aromatic rings. The van der Waals surface area contributed by atoms with Crippen molar-refractivity contribution in [1.82, 2.24) is 4.31 Å². The van der Waals surface area contributed by atoms with Crippen LogP contribution in [0.3, 0.4) is 0 Å². The van der Waals surface area contributed by atoms with Crippen molar-refractivity contribution < 1.29 is 22.7 Å². The SMILES string of the molecule is O=C(C=Cc1ccc2c(c1)OCO2)c1ccc(S(=O)(=O)N2CCCC2)cc1.